The molecule has 29 heavy (non-hydrogen) atoms. The topological polar surface area (TPSA) is 45.1 Å². The third kappa shape index (κ3) is 4.46. The predicted octanol–water partition coefficient (Wildman–Crippen LogP) is 4.51. The molecule has 152 valence electrons. The summed E-state index contributed by atoms with van der Waals surface area (Å²) in [6.45, 7) is 2.37. The quantitative estimate of drug-likeness (QED) is 0.727. The summed E-state index contributed by atoms with van der Waals surface area (Å²) in [7, 11) is 1.65. The molecule has 2 aromatic rings. The molecule has 6 heteroatoms. The van der Waals surface area contributed by atoms with E-state index in [1.54, 1.807) is 12.1 Å². The van der Waals surface area contributed by atoms with Gasteiger partial charge in [0.2, 0.25) is 0 Å². The highest BCUT2D eigenvalue weighted by Gasteiger charge is 2.34. The number of hydrazone groups is 1. The van der Waals surface area contributed by atoms with Crippen molar-refractivity contribution in [1.29, 1.82) is 0 Å². The van der Waals surface area contributed by atoms with E-state index in [0.29, 0.717) is 18.0 Å². The van der Waals surface area contributed by atoms with Gasteiger partial charge in [-0.2, -0.15) is 5.10 Å². The molecular weight excluding hydrogens is 386 g/mol. The summed E-state index contributed by atoms with van der Waals surface area (Å²) in [5.74, 6) is 0.833. The van der Waals surface area contributed by atoms with E-state index in [1.165, 1.54) is 6.42 Å². The van der Waals surface area contributed by atoms with Crippen molar-refractivity contribution in [3.63, 3.8) is 0 Å². The van der Waals surface area contributed by atoms with Crippen LogP contribution in [-0.4, -0.2) is 48.3 Å². The molecule has 2 aliphatic rings. The maximum absolute atomic E-state index is 13.2. The molecule has 0 radical (unpaired) electrons. The first-order chi connectivity index (χ1) is 14.2. The summed E-state index contributed by atoms with van der Waals surface area (Å²) in [4.78, 5) is 15.4. The molecule has 4 rings (SSSR count). The number of ether oxygens (including phenoxy) is 1. The zero-order chi connectivity index (χ0) is 20.2. The van der Waals surface area contributed by atoms with Crippen LogP contribution in [0.1, 0.15) is 42.9 Å². The smallest absolute Gasteiger partial charge is 0.257 e. The van der Waals surface area contributed by atoms with Gasteiger partial charge < -0.3 is 4.74 Å². The monoisotopic (exact) mass is 411 g/mol. The van der Waals surface area contributed by atoms with Crippen molar-refractivity contribution in [2.45, 2.75) is 31.7 Å². The van der Waals surface area contributed by atoms with E-state index in [1.807, 2.05) is 48.5 Å². The molecular formula is C23H26ClN3O2. The number of amides is 1. The van der Waals surface area contributed by atoms with Crippen LogP contribution in [0, 0.1) is 0 Å². The summed E-state index contributed by atoms with van der Waals surface area (Å²) in [5.41, 5.74) is 2.79. The lowest BCUT2D eigenvalue weighted by Gasteiger charge is -2.29. The van der Waals surface area contributed by atoms with Crippen LogP contribution in [0.25, 0.3) is 0 Å². The highest BCUT2D eigenvalue weighted by Crippen LogP contribution is 2.35. The Balaban J connectivity index is 1.61. The van der Waals surface area contributed by atoms with Crippen LogP contribution < -0.4 is 4.74 Å². The SMILES string of the molecule is COc1ccc([C@@H]2CC(c3ccccc3Cl)=NN2C(=O)CN2CCCCC2)cc1. The van der Waals surface area contributed by atoms with E-state index < -0.39 is 0 Å². The van der Waals surface area contributed by atoms with E-state index >= 15 is 0 Å². The lowest BCUT2D eigenvalue weighted by molar-refractivity contribution is -0.134. The van der Waals surface area contributed by atoms with Crippen molar-refractivity contribution >= 4 is 23.2 Å². The number of rotatable bonds is 5. The molecule has 0 N–H and O–H groups in total. The van der Waals surface area contributed by atoms with Crippen molar-refractivity contribution in [2.24, 2.45) is 5.10 Å². The molecule has 0 spiro atoms. The van der Waals surface area contributed by atoms with Crippen LogP contribution in [0.4, 0.5) is 0 Å². The standard InChI is InChI=1S/C23H26ClN3O2/c1-29-18-11-9-17(10-12-18)22-15-21(19-7-3-4-8-20(19)24)25-27(22)23(28)16-26-13-5-2-6-14-26/h3-4,7-12,22H,2,5-6,13-16H2,1H3/t22-/m0/s1. The van der Waals surface area contributed by atoms with Crippen molar-refractivity contribution < 1.29 is 9.53 Å². The predicted molar refractivity (Wildman–Crippen MR) is 115 cm³/mol. The average Bonchev–Trinajstić information content (AvgIpc) is 3.20. The number of halogens is 1. The second-order valence-electron chi connectivity index (χ2n) is 7.59. The molecule has 0 aliphatic carbocycles. The number of carbonyl (C=O) groups is 1. The van der Waals surface area contributed by atoms with Crippen molar-refractivity contribution in [2.75, 3.05) is 26.7 Å². The van der Waals surface area contributed by atoms with E-state index in [2.05, 4.69) is 4.90 Å². The lowest BCUT2D eigenvalue weighted by Crippen LogP contribution is -2.40. The van der Waals surface area contributed by atoms with Gasteiger partial charge in [0.25, 0.3) is 5.91 Å². The van der Waals surface area contributed by atoms with E-state index in [4.69, 9.17) is 21.4 Å². The molecule has 1 fully saturated rings. The van der Waals surface area contributed by atoms with Gasteiger partial charge in [-0.15, -0.1) is 0 Å². The van der Waals surface area contributed by atoms with Gasteiger partial charge in [0.15, 0.2) is 0 Å². The first-order valence-corrected chi connectivity index (χ1v) is 10.5. The van der Waals surface area contributed by atoms with E-state index in [0.717, 1.165) is 48.5 Å². The number of likely N-dealkylation sites (tertiary alicyclic amines) is 1. The first-order valence-electron chi connectivity index (χ1n) is 10.2. The number of carbonyl (C=O) groups excluding carboxylic acids is 1. The summed E-state index contributed by atoms with van der Waals surface area (Å²) in [6, 6.07) is 15.4. The molecule has 0 saturated carbocycles. The second kappa shape index (κ2) is 8.97. The zero-order valence-corrected chi connectivity index (χ0v) is 17.4. The molecule has 0 aromatic heterocycles. The van der Waals surface area contributed by atoms with Gasteiger partial charge in [-0.1, -0.05) is 48.4 Å². The fourth-order valence-electron chi connectivity index (χ4n) is 4.07. The molecule has 1 amide bonds. The largest absolute Gasteiger partial charge is 0.497 e. The maximum Gasteiger partial charge on any atom is 0.257 e. The Kier molecular flexibility index (Phi) is 6.16. The van der Waals surface area contributed by atoms with Gasteiger partial charge in [0.05, 0.1) is 25.4 Å². The van der Waals surface area contributed by atoms with Crippen LogP contribution in [0.2, 0.25) is 5.02 Å². The fourth-order valence-corrected chi connectivity index (χ4v) is 4.31. The van der Waals surface area contributed by atoms with Crippen LogP contribution in [0.5, 0.6) is 5.75 Å². The number of methoxy groups -OCH3 is 1. The zero-order valence-electron chi connectivity index (χ0n) is 16.7. The summed E-state index contributed by atoms with van der Waals surface area (Å²) >= 11 is 6.41. The summed E-state index contributed by atoms with van der Waals surface area (Å²) in [5, 5.41) is 7.06. The van der Waals surface area contributed by atoms with Crippen LogP contribution in [0.3, 0.4) is 0 Å². The number of hydrogen-bond donors (Lipinski definition) is 0. The third-order valence-electron chi connectivity index (χ3n) is 5.66. The Morgan fingerprint density at radius 1 is 1.10 bits per heavy atom. The highest BCUT2D eigenvalue weighted by atomic mass is 35.5. The number of hydrogen-bond acceptors (Lipinski definition) is 4. The molecule has 2 aromatic carbocycles. The van der Waals surface area contributed by atoms with Crippen LogP contribution in [0.15, 0.2) is 53.6 Å². The molecule has 0 bridgehead atoms. The maximum atomic E-state index is 13.2. The minimum Gasteiger partial charge on any atom is -0.497 e. The summed E-state index contributed by atoms with van der Waals surface area (Å²) in [6.07, 6.45) is 4.20. The van der Waals surface area contributed by atoms with Crippen LogP contribution >= 0.6 is 11.6 Å². The minimum absolute atomic E-state index is 0.0368. The molecule has 0 unspecified atom stereocenters. The molecule has 2 aliphatic heterocycles. The normalized spacial score (nSPS) is 19.9. The average molecular weight is 412 g/mol. The lowest BCUT2D eigenvalue weighted by atomic mass is 9.98. The fraction of sp³-hybridized carbons (Fsp3) is 0.391. The Labute approximate surface area is 176 Å². The van der Waals surface area contributed by atoms with Crippen molar-refractivity contribution in [3.05, 3.63) is 64.7 Å². The number of benzene rings is 2. The Morgan fingerprint density at radius 3 is 2.52 bits per heavy atom. The third-order valence-corrected chi connectivity index (χ3v) is 5.99. The van der Waals surface area contributed by atoms with Gasteiger partial charge >= 0.3 is 0 Å². The highest BCUT2D eigenvalue weighted by molar-refractivity contribution is 6.34. The van der Waals surface area contributed by atoms with Gasteiger partial charge in [0.1, 0.15) is 5.75 Å². The Morgan fingerprint density at radius 2 is 1.83 bits per heavy atom. The second-order valence-corrected chi connectivity index (χ2v) is 8.00. The Bertz CT molecular complexity index is 891. The molecule has 1 saturated heterocycles. The van der Waals surface area contributed by atoms with Gasteiger partial charge in [-0.25, -0.2) is 5.01 Å². The molecule has 2 heterocycles. The first kappa shape index (κ1) is 19.9. The van der Waals surface area contributed by atoms with Crippen molar-refractivity contribution in [1.82, 2.24) is 9.91 Å². The van der Waals surface area contributed by atoms with Gasteiger partial charge in [-0.3, -0.25) is 9.69 Å². The van der Waals surface area contributed by atoms with Gasteiger partial charge in [-0.05, 0) is 49.7 Å². The van der Waals surface area contributed by atoms with Crippen molar-refractivity contribution in [3.8, 4) is 5.75 Å². The Hall–Kier alpha value is -2.37. The van der Waals surface area contributed by atoms with E-state index in [-0.39, 0.29) is 11.9 Å². The van der Waals surface area contributed by atoms with Gasteiger partial charge in [0, 0.05) is 17.0 Å². The molecule has 1 atom stereocenters. The number of piperidine rings is 1. The molecule has 5 nitrogen and oxygen atoms in total. The minimum atomic E-state index is -0.135. The number of nitrogens with zero attached hydrogens (tertiary/aromatic N) is 3. The van der Waals surface area contributed by atoms with Crippen LogP contribution in [-0.2, 0) is 4.79 Å². The van der Waals surface area contributed by atoms with E-state index in [9.17, 15) is 4.79 Å². The summed E-state index contributed by atoms with van der Waals surface area (Å²) < 4.78 is 5.28.